The van der Waals surface area contributed by atoms with Crippen LogP contribution in [-0.2, 0) is 4.79 Å². The molecule has 0 aliphatic heterocycles. The van der Waals surface area contributed by atoms with Crippen molar-refractivity contribution in [2.75, 3.05) is 0 Å². The van der Waals surface area contributed by atoms with E-state index < -0.39 is 5.97 Å². The van der Waals surface area contributed by atoms with Gasteiger partial charge < -0.3 is 5.11 Å². The molecule has 1 fully saturated rings. The number of nitrogens with zero attached hydrogens (tertiary/aromatic N) is 1. The summed E-state index contributed by atoms with van der Waals surface area (Å²) >= 11 is 1.55. The first-order valence-electron chi connectivity index (χ1n) is 5.92. The number of fused-ring (bicyclic) bond motifs is 1. The van der Waals surface area contributed by atoms with Crippen molar-refractivity contribution in [1.82, 2.24) is 4.98 Å². The number of carbonyl (C=O) groups is 1. The smallest absolute Gasteiger partial charge is 0.306 e. The first kappa shape index (κ1) is 11.6. The molecule has 0 radical (unpaired) electrons. The van der Waals surface area contributed by atoms with Gasteiger partial charge in [0.25, 0.3) is 0 Å². The molecule has 0 amide bonds. The van der Waals surface area contributed by atoms with Crippen LogP contribution in [0.4, 0.5) is 4.39 Å². The third-order valence-electron chi connectivity index (χ3n) is 3.50. The highest BCUT2D eigenvalue weighted by Crippen LogP contribution is 2.41. The molecule has 1 aliphatic rings. The van der Waals surface area contributed by atoms with Crippen molar-refractivity contribution >= 4 is 27.5 Å². The zero-order valence-corrected chi connectivity index (χ0v) is 10.4. The summed E-state index contributed by atoms with van der Waals surface area (Å²) in [5.74, 6) is -1.04. The van der Waals surface area contributed by atoms with Crippen LogP contribution in [0.3, 0.4) is 0 Å². The highest BCUT2D eigenvalue weighted by atomic mass is 32.1. The first-order chi connectivity index (χ1) is 8.63. The van der Waals surface area contributed by atoms with Crippen LogP contribution in [0.15, 0.2) is 18.2 Å². The number of hydrogen-bond donors (Lipinski definition) is 1. The molecule has 1 heterocycles. The van der Waals surface area contributed by atoms with E-state index in [1.165, 1.54) is 12.1 Å². The molecule has 0 spiro atoms. The molecule has 2 aromatic rings. The molecule has 1 N–H and O–H groups in total. The highest BCUT2D eigenvalue weighted by molar-refractivity contribution is 7.18. The van der Waals surface area contributed by atoms with Crippen LogP contribution in [0.5, 0.6) is 0 Å². The van der Waals surface area contributed by atoms with Crippen molar-refractivity contribution in [1.29, 1.82) is 0 Å². The zero-order chi connectivity index (χ0) is 12.7. The van der Waals surface area contributed by atoms with Gasteiger partial charge in [0.2, 0.25) is 0 Å². The summed E-state index contributed by atoms with van der Waals surface area (Å²) in [5, 5.41) is 9.93. The number of aromatic nitrogens is 1. The lowest BCUT2D eigenvalue weighted by atomic mass is 10.1. The molecule has 1 aliphatic carbocycles. The quantitative estimate of drug-likeness (QED) is 0.905. The monoisotopic (exact) mass is 265 g/mol. The van der Waals surface area contributed by atoms with Gasteiger partial charge in [-0.1, -0.05) is 0 Å². The van der Waals surface area contributed by atoms with E-state index in [0.29, 0.717) is 18.4 Å². The van der Waals surface area contributed by atoms with Crippen molar-refractivity contribution in [3.8, 4) is 0 Å². The van der Waals surface area contributed by atoms with E-state index in [0.717, 1.165) is 16.1 Å². The number of carboxylic acids is 1. The maximum atomic E-state index is 13.1. The Bertz CT molecular complexity index is 610. The Morgan fingerprint density at radius 2 is 2.28 bits per heavy atom. The Hall–Kier alpha value is -1.49. The third-order valence-corrected chi connectivity index (χ3v) is 4.70. The van der Waals surface area contributed by atoms with Crippen LogP contribution in [-0.4, -0.2) is 16.1 Å². The van der Waals surface area contributed by atoms with Gasteiger partial charge in [-0.25, -0.2) is 9.37 Å². The average Bonchev–Trinajstić information content (AvgIpc) is 2.93. The van der Waals surface area contributed by atoms with Crippen LogP contribution in [0.1, 0.15) is 30.2 Å². The second-order valence-electron chi connectivity index (χ2n) is 4.71. The molecule has 1 aromatic carbocycles. The molecular formula is C13H12FNO2S. The average molecular weight is 265 g/mol. The Balaban J connectivity index is 1.89. The number of halogens is 1. The molecule has 0 saturated heterocycles. The van der Waals surface area contributed by atoms with E-state index >= 15 is 0 Å². The summed E-state index contributed by atoms with van der Waals surface area (Å²) in [7, 11) is 0. The van der Waals surface area contributed by atoms with E-state index in [-0.39, 0.29) is 17.7 Å². The molecular weight excluding hydrogens is 253 g/mol. The van der Waals surface area contributed by atoms with Gasteiger partial charge in [-0.3, -0.25) is 4.79 Å². The largest absolute Gasteiger partial charge is 0.481 e. The standard InChI is InChI=1S/C13H12FNO2S/c14-9-3-4-11-10(6-9)15-12(18-11)7-1-2-8(5-7)13(16)17/h3-4,6-8H,1-2,5H2,(H,16,17). The van der Waals surface area contributed by atoms with Gasteiger partial charge in [-0.05, 0) is 31.4 Å². The molecule has 2 atom stereocenters. The van der Waals surface area contributed by atoms with Crippen LogP contribution in [0, 0.1) is 11.7 Å². The van der Waals surface area contributed by atoms with Crippen LogP contribution in [0.2, 0.25) is 0 Å². The second-order valence-corrected chi connectivity index (χ2v) is 5.77. The second kappa shape index (κ2) is 4.31. The van der Waals surface area contributed by atoms with Gasteiger partial charge >= 0.3 is 5.97 Å². The number of hydrogen-bond acceptors (Lipinski definition) is 3. The van der Waals surface area contributed by atoms with Gasteiger partial charge in [-0.15, -0.1) is 11.3 Å². The zero-order valence-electron chi connectivity index (χ0n) is 9.60. The Morgan fingerprint density at radius 1 is 1.44 bits per heavy atom. The Labute approximate surface area is 107 Å². The van der Waals surface area contributed by atoms with Crippen molar-refractivity contribution in [2.24, 2.45) is 5.92 Å². The van der Waals surface area contributed by atoms with E-state index in [9.17, 15) is 9.18 Å². The van der Waals surface area contributed by atoms with E-state index in [1.807, 2.05) is 0 Å². The topological polar surface area (TPSA) is 50.2 Å². The molecule has 1 saturated carbocycles. The molecule has 5 heteroatoms. The molecule has 3 nitrogen and oxygen atoms in total. The van der Waals surface area contributed by atoms with Gasteiger partial charge in [0.15, 0.2) is 0 Å². The van der Waals surface area contributed by atoms with Crippen molar-refractivity contribution < 1.29 is 14.3 Å². The van der Waals surface area contributed by atoms with Crippen LogP contribution < -0.4 is 0 Å². The van der Waals surface area contributed by atoms with Gasteiger partial charge in [0, 0.05) is 12.0 Å². The summed E-state index contributed by atoms with van der Waals surface area (Å²) in [5.41, 5.74) is 0.675. The minimum absolute atomic E-state index is 0.214. The summed E-state index contributed by atoms with van der Waals surface area (Å²) in [6, 6.07) is 4.59. The van der Waals surface area contributed by atoms with Crippen molar-refractivity contribution in [3.05, 3.63) is 29.0 Å². The summed E-state index contributed by atoms with van der Waals surface area (Å²) in [6.07, 6.45) is 2.22. The molecule has 94 valence electrons. The third kappa shape index (κ3) is 1.99. The van der Waals surface area contributed by atoms with E-state index in [2.05, 4.69) is 4.98 Å². The Kier molecular flexibility index (Phi) is 2.78. The number of thiazole rings is 1. The molecule has 1 aromatic heterocycles. The fourth-order valence-corrected chi connectivity index (χ4v) is 3.62. The molecule has 0 bridgehead atoms. The summed E-state index contributed by atoms with van der Waals surface area (Å²) in [6.45, 7) is 0. The van der Waals surface area contributed by atoms with Crippen LogP contribution >= 0.6 is 11.3 Å². The maximum absolute atomic E-state index is 13.1. The fraction of sp³-hybridized carbons (Fsp3) is 0.385. The van der Waals surface area contributed by atoms with Crippen molar-refractivity contribution in [3.63, 3.8) is 0 Å². The maximum Gasteiger partial charge on any atom is 0.306 e. The van der Waals surface area contributed by atoms with Gasteiger partial charge in [0.05, 0.1) is 21.1 Å². The minimum atomic E-state index is -0.718. The van der Waals surface area contributed by atoms with Crippen molar-refractivity contribution in [2.45, 2.75) is 25.2 Å². The highest BCUT2D eigenvalue weighted by Gasteiger charge is 2.32. The fourth-order valence-electron chi connectivity index (χ4n) is 2.52. The first-order valence-corrected chi connectivity index (χ1v) is 6.74. The molecule has 2 unspecified atom stereocenters. The minimum Gasteiger partial charge on any atom is -0.481 e. The SMILES string of the molecule is O=C(O)C1CCC(c2nc3cc(F)ccc3s2)C1. The number of rotatable bonds is 2. The number of carboxylic acid groups (broad SMARTS) is 1. The summed E-state index contributed by atoms with van der Waals surface area (Å²) in [4.78, 5) is 15.4. The predicted molar refractivity (Wildman–Crippen MR) is 67.3 cm³/mol. The van der Waals surface area contributed by atoms with Gasteiger partial charge in [0.1, 0.15) is 5.82 Å². The van der Waals surface area contributed by atoms with Gasteiger partial charge in [-0.2, -0.15) is 0 Å². The van der Waals surface area contributed by atoms with E-state index in [4.69, 9.17) is 5.11 Å². The molecule has 18 heavy (non-hydrogen) atoms. The Morgan fingerprint density at radius 3 is 3.00 bits per heavy atom. The normalized spacial score (nSPS) is 23.6. The predicted octanol–water partition coefficient (Wildman–Crippen LogP) is 3.40. The molecule has 3 rings (SSSR count). The number of benzene rings is 1. The van der Waals surface area contributed by atoms with E-state index in [1.54, 1.807) is 17.4 Å². The summed E-state index contributed by atoms with van der Waals surface area (Å²) < 4.78 is 14.0. The lowest BCUT2D eigenvalue weighted by molar-refractivity contribution is -0.141. The lowest BCUT2D eigenvalue weighted by Crippen LogP contribution is -2.09. The van der Waals surface area contributed by atoms with Crippen LogP contribution in [0.25, 0.3) is 10.2 Å². The number of aliphatic carboxylic acids is 1. The lowest BCUT2D eigenvalue weighted by Gasteiger charge is -2.04.